The molecule has 0 bridgehead atoms. The third kappa shape index (κ3) is 5.22. The van der Waals surface area contributed by atoms with Gasteiger partial charge in [0.05, 0.1) is 5.69 Å². The maximum Gasteiger partial charge on any atom is 0.321 e. The van der Waals surface area contributed by atoms with Crippen LogP contribution in [0.15, 0.2) is 53.3 Å². The fraction of sp³-hybridized carbons (Fsp3) is 0.280. The molecule has 1 aliphatic heterocycles. The molecule has 3 heterocycles. The molecule has 180 valence electrons. The maximum absolute atomic E-state index is 12.8. The van der Waals surface area contributed by atoms with E-state index in [1.54, 1.807) is 12.1 Å². The van der Waals surface area contributed by atoms with E-state index in [0.717, 1.165) is 22.4 Å². The highest BCUT2D eigenvalue weighted by Crippen LogP contribution is 2.25. The van der Waals surface area contributed by atoms with Crippen molar-refractivity contribution in [2.45, 2.75) is 20.4 Å². The summed E-state index contributed by atoms with van der Waals surface area (Å²) >= 11 is 7.35. The molecule has 0 atom stereocenters. The number of carbonyl (C=O) groups excluding carboxylic acids is 1. The smallest absolute Gasteiger partial charge is 0.321 e. The molecule has 2 aromatic carbocycles. The van der Waals surface area contributed by atoms with Gasteiger partial charge in [0.2, 0.25) is 4.96 Å². The molecule has 0 aliphatic carbocycles. The van der Waals surface area contributed by atoms with Gasteiger partial charge >= 0.3 is 6.03 Å². The second-order valence-electron chi connectivity index (χ2n) is 8.71. The van der Waals surface area contributed by atoms with Crippen molar-refractivity contribution >= 4 is 39.6 Å². The largest absolute Gasteiger partial charge is 0.322 e. The van der Waals surface area contributed by atoms with Crippen LogP contribution in [0.1, 0.15) is 16.8 Å². The number of piperazine rings is 1. The highest BCUT2D eigenvalue weighted by molar-refractivity contribution is 7.19. The van der Waals surface area contributed by atoms with E-state index in [-0.39, 0.29) is 11.6 Å². The zero-order valence-electron chi connectivity index (χ0n) is 19.5. The van der Waals surface area contributed by atoms with Gasteiger partial charge in [-0.05, 0) is 43.2 Å². The van der Waals surface area contributed by atoms with Crippen molar-refractivity contribution in [2.75, 3.05) is 31.5 Å². The van der Waals surface area contributed by atoms with Crippen LogP contribution in [0.25, 0.3) is 15.5 Å². The lowest BCUT2D eigenvalue weighted by Crippen LogP contribution is -2.49. The Bertz CT molecular complexity index is 1440. The van der Waals surface area contributed by atoms with Gasteiger partial charge in [-0.15, -0.1) is 0 Å². The summed E-state index contributed by atoms with van der Waals surface area (Å²) in [6.07, 6.45) is 0. The van der Waals surface area contributed by atoms with E-state index >= 15 is 0 Å². The molecule has 5 rings (SSSR count). The number of rotatable bonds is 4. The summed E-state index contributed by atoms with van der Waals surface area (Å²) in [5.74, 6) is 0. The molecule has 1 saturated heterocycles. The van der Waals surface area contributed by atoms with Crippen LogP contribution in [-0.2, 0) is 6.54 Å². The predicted molar refractivity (Wildman–Crippen MR) is 139 cm³/mol. The SMILES string of the molecule is Cc1ccc(C)c(NC(=O)N2CCN(Cc3cc(=O)n4nc(-c5ccc(Cl)cc5)sc4n3)CC2)c1. The number of fused-ring (bicyclic) bond motifs is 1. The van der Waals surface area contributed by atoms with E-state index in [2.05, 4.69) is 20.3 Å². The van der Waals surface area contributed by atoms with Gasteiger partial charge in [-0.25, -0.2) is 9.78 Å². The van der Waals surface area contributed by atoms with Crippen molar-refractivity contribution in [3.8, 4) is 10.6 Å². The zero-order chi connectivity index (χ0) is 24.5. The zero-order valence-corrected chi connectivity index (χ0v) is 21.1. The second kappa shape index (κ2) is 9.77. The lowest BCUT2D eigenvalue weighted by Gasteiger charge is -2.34. The van der Waals surface area contributed by atoms with E-state index in [4.69, 9.17) is 11.6 Å². The summed E-state index contributed by atoms with van der Waals surface area (Å²) in [4.78, 5) is 34.7. The highest BCUT2D eigenvalue weighted by Gasteiger charge is 2.22. The third-order valence-corrected chi connectivity index (χ3v) is 7.28. The lowest BCUT2D eigenvalue weighted by atomic mass is 10.1. The van der Waals surface area contributed by atoms with Gasteiger partial charge in [-0.3, -0.25) is 9.69 Å². The number of amides is 2. The number of urea groups is 1. The first-order valence-electron chi connectivity index (χ1n) is 11.4. The van der Waals surface area contributed by atoms with E-state index in [9.17, 15) is 9.59 Å². The fourth-order valence-corrected chi connectivity index (χ4v) is 5.10. The normalized spacial score (nSPS) is 14.4. The minimum Gasteiger partial charge on any atom is -0.322 e. The van der Waals surface area contributed by atoms with Crippen LogP contribution in [0.3, 0.4) is 0 Å². The molecule has 2 aromatic heterocycles. The minimum absolute atomic E-state index is 0.0875. The Morgan fingerprint density at radius 1 is 1.06 bits per heavy atom. The second-order valence-corrected chi connectivity index (χ2v) is 10.1. The summed E-state index contributed by atoms with van der Waals surface area (Å²) in [7, 11) is 0. The topological polar surface area (TPSA) is 82.8 Å². The summed E-state index contributed by atoms with van der Waals surface area (Å²) in [5.41, 5.74) is 4.39. The highest BCUT2D eigenvalue weighted by atomic mass is 35.5. The molecule has 10 heteroatoms. The van der Waals surface area contributed by atoms with Gasteiger partial charge in [0, 0.05) is 55.1 Å². The molecule has 1 fully saturated rings. The molecule has 35 heavy (non-hydrogen) atoms. The average molecular weight is 509 g/mol. The molecule has 0 radical (unpaired) electrons. The summed E-state index contributed by atoms with van der Waals surface area (Å²) in [6, 6.07) is 14.8. The van der Waals surface area contributed by atoms with Gasteiger partial charge in [-0.2, -0.15) is 9.61 Å². The predicted octanol–water partition coefficient (Wildman–Crippen LogP) is 4.44. The third-order valence-electron chi connectivity index (χ3n) is 6.07. The van der Waals surface area contributed by atoms with Crippen LogP contribution in [0.4, 0.5) is 10.5 Å². The number of benzene rings is 2. The quantitative estimate of drug-likeness (QED) is 0.440. The molecule has 1 N–H and O–H groups in total. The molecule has 4 aromatic rings. The van der Waals surface area contributed by atoms with Gasteiger partial charge in [0.15, 0.2) is 0 Å². The molecule has 1 aliphatic rings. The Labute approximate surface area is 211 Å². The van der Waals surface area contributed by atoms with E-state index in [1.807, 2.05) is 49.1 Å². The van der Waals surface area contributed by atoms with E-state index in [0.29, 0.717) is 53.4 Å². The first-order chi connectivity index (χ1) is 16.9. The standard InChI is InChI=1S/C25H25ClN6O2S/c1-16-3-4-17(2)21(13-16)28-24(34)31-11-9-30(10-12-31)15-20-14-22(33)32-25(27-20)35-23(29-32)18-5-7-19(26)8-6-18/h3-8,13-14H,9-12,15H2,1-2H3,(H,28,34). The van der Waals surface area contributed by atoms with Crippen LogP contribution in [0, 0.1) is 13.8 Å². The van der Waals surface area contributed by atoms with Crippen molar-refractivity contribution in [3.63, 3.8) is 0 Å². The molecule has 8 nitrogen and oxygen atoms in total. The van der Waals surface area contributed by atoms with Gasteiger partial charge in [0.1, 0.15) is 5.01 Å². The molecular formula is C25H25ClN6O2S. The first-order valence-corrected chi connectivity index (χ1v) is 12.6. The van der Waals surface area contributed by atoms with Crippen molar-refractivity contribution in [3.05, 3.63) is 80.7 Å². The molecule has 0 spiro atoms. The monoisotopic (exact) mass is 508 g/mol. The minimum atomic E-state index is -0.201. The summed E-state index contributed by atoms with van der Waals surface area (Å²) in [6.45, 7) is 7.18. The van der Waals surface area contributed by atoms with Gasteiger partial charge < -0.3 is 10.2 Å². The molecule has 0 unspecified atom stereocenters. The van der Waals surface area contributed by atoms with Gasteiger partial charge in [-0.1, -0.05) is 47.2 Å². The van der Waals surface area contributed by atoms with Crippen LogP contribution in [0.2, 0.25) is 5.02 Å². The average Bonchev–Trinajstić information content (AvgIpc) is 3.27. The Morgan fingerprint density at radius 2 is 1.80 bits per heavy atom. The Hall–Kier alpha value is -3.27. The molecular weight excluding hydrogens is 484 g/mol. The Balaban J connectivity index is 1.23. The van der Waals surface area contributed by atoms with Gasteiger partial charge in [0.25, 0.3) is 5.56 Å². The van der Waals surface area contributed by atoms with E-state index in [1.165, 1.54) is 21.9 Å². The first kappa shape index (κ1) is 23.5. The van der Waals surface area contributed by atoms with Crippen molar-refractivity contribution in [2.24, 2.45) is 0 Å². The molecule has 2 amide bonds. The number of nitrogens with zero attached hydrogens (tertiary/aromatic N) is 5. The maximum atomic E-state index is 12.8. The van der Waals surface area contributed by atoms with Crippen LogP contribution in [0.5, 0.6) is 0 Å². The number of hydrogen-bond acceptors (Lipinski definition) is 6. The van der Waals surface area contributed by atoms with Crippen LogP contribution >= 0.6 is 22.9 Å². The lowest BCUT2D eigenvalue weighted by molar-refractivity contribution is 0.142. The van der Waals surface area contributed by atoms with Crippen LogP contribution in [-0.4, -0.2) is 56.6 Å². The van der Waals surface area contributed by atoms with Crippen molar-refractivity contribution in [1.29, 1.82) is 0 Å². The number of carbonyl (C=O) groups is 1. The summed E-state index contributed by atoms with van der Waals surface area (Å²) < 4.78 is 1.34. The van der Waals surface area contributed by atoms with Crippen LogP contribution < -0.4 is 10.9 Å². The number of anilines is 1. The van der Waals surface area contributed by atoms with Crippen molar-refractivity contribution in [1.82, 2.24) is 24.4 Å². The van der Waals surface area contributed by atoms with E-state index < -0.39 is 0 Å². The Morgan fingerprint density at radius 3 is 2.54 bits per heavy atom. The number of aryl methyl sites for hydroxylation is 2. The number of aromatic nitrogens is 3. The number of nitrogens with one attached hydrogen (secondary N) is 1. The number of hydrogen-bond donors (Lipinski definition) is 1. The Kier molecular flexibility index (Phi) is 6.55. The molecule has 0 saturated carbocycles. The van der Waals surface area contributed by atoms with Crippen molar-refractivity contribution < 1.29 is 4.79 Å². The number of halogens is 1. The fourth-order valence-electron chi connectivity index (χ4n) is 4.05. The summed E-state index contributed by atoms with van der Waals surface area (Å²) in [5, 5.41) is 8.82.